The maximum Gasteiger partial charge on any atom is 0.347 e. The van der Waals surface area contributed by atoms with Gasteiger partial charge in [0, 0.05) is 13.1 Å². The van der Waals surface area contributed by atoms with Gasteiger partial charge < -0.3 is 24.1 Å². The third-order valence-electron chi connectivity index (χ3n) is 5.74. The molecule has 36 heavy (non-hydrogen) atoms. The fourth-order valence-electron chi connectivity index (χ4n) is 3.88. The maximum absolute atomic E-state index is 12.0. The number of imidazole rings is 1. The fraction of sp³-hybridized carbons (Fsp3) is 0.310. The highest BCUT2D eigenvalue weighted by Gasteiger charge is 2.17. The van der Waals surface area contributed by atoms with E-state index >= 15 is 0 Å². The Labute approximate surface area is 212 Å². The molecule has 1 N–H and O–H groups in total. The zero-order valence-electron chi connectivity index (χ0n) is 21.1. The Balaban J connectivity index is 1.45. The number of nitrogens with zero attached hydrogens (tertiary/aromatic N) is 2. The van der Waals surface area contributed by atoms with Crippen LogP contribution in [0.15, 0.2) is 72.8 Å². The lowest BCUT2D eigenvalue weighted by Gasteiger charge is -2.23. The molecular weight excluding hydrogens is 454 g/mol. The average Bonchev–Trinajstić information content (AvgIpc) is 3.31. The van der Waals surface area contributed by atoms with Crippen LogP contribution in [0.5, 0.6) is 11.5 Å². The molecule has 1 unspecified atom stereocenters. The van der Waals surface area contributed by atoms with Crippen molar-refractivity contribution in [2.24, 2.45) is 0 Å². The molecule has 0 aliphatic carbocycles. The minimum absolute atomic E-state index is 0.326. The Morgan fingerprint density at radius 2 is 1.83 bits per heavy atom. The van der Waals surface area contributed by atoms with Gasteiger partial charge in [0.2, 0.25) is 5.95 Å². The molecule has 7 heteroatoms. The van der Waals surface area contributed by atoms with E-state index in [4.69, 9.17) is 19.2 Å². The summed E-state index contributed by atoms with van der Waals surface area (Å²) in [6, 6.07) is 23.9. The number of nitrogens with one attached hydrogen (secondary N) is 1. The van der Waals surface area contributed by atoms with Crippen molar-refractivity contribution in [3.63, 3.8) is 0 Å². The van der Waals surface area contributed by atoms with Gasteiger partial charge in [0.05, 0.1) is 24.2 Å². The topological polar surface area (TPSA) is 76.7 Å². The molecule has 0 radical (unpaired) electrons. The first-order valence-corrected chi connectivity index (χ1v) is 12.3. The number of fused-ring (bicyclic) bond motifs is 1. The Bertz CT molecular complexity index is 1240. The number of aryl methyl sites for hydroxylation is 1. The zero-order valence-corrected chi connectivity index (χ0v) is 21.1. The number of H-pyrrole nitrogens is 1. The van der Waals surface area contributed by atoms with E-state index in [1.807, 2.05) is 72.8 Å². The van der Waals surface area contributed by atoms with Crippen molar-refractivity contribution >= 4 is 23.0 Å². The van der Waals surface area contributed by atoms with Crippen LogP contribution in [0.25, 0.3) is 11.0 Å². The molecule has 0 aliphatic rings. The van der Waals surface area contributed by atoms with Crippen LogP contribution in [0.1, 0.15) is 31.4 Å². The number of hydrogen-bond acceptors (Lipinski definition) is 6. The molecule has 4 aromatic rings. The molecule has 1 atom stereocenters. The van der Waals surface area contributed by atoms with Crippen LogP contribution in [0.3, 0.4) is 0 Å². The highest BCUT2D eigenvalue weighted by Crippen LogP contribution is 2.22. The summed E-state index contributed by atoms with van der Waals surface area (Å²) in [6.45, 7) is 7.83. The molecule has 0 saturated heterocycles. The number of ether oxygens (including phenoxy) is 3. The normalized spacial score (nSPS) is 11.8. The van der Waals surface area contributed by atoms with E-state index in [2.05, 4.69) is 16.8 Å². The van der Waals surface area contributed by atoms with Crippen LogP contribution >= 0.6 is 0 Å². The lowest BCUT2D eigenvalue weighted by molar-refractivity contribution is -0.150. The van der Waals surface area contributed by atoms with Crippen molar-refractivity contribution in [2.45, 2.75) is 39.8 Å². The minimum atomic E-state index is -0.675. The van der Waals surface area contributed by atoms with E-state index in [1.54, 1.807) is 13.8 Å². The third kappa shape index (κ3) is 6.78. The molecule has 0 spiro atoms. The number of carbonyl (C=O) groups is 1. The van der Waals surface area contributed by atoms with E-state index in [1.165, 1.54) is 5.56 Å². The lowest BCUT2D eigenvalue weighted by Crippen LogP contribution is -2.27. The Morgan fingerprint density at radius 1 is 1.03 bits per heavy atom. The van der Waals surface area contributed by atoms with Crippen LogP contribution < -0.4 is 14.4 Å². The first-order chi connectivity index (χ1) is 17.5. The largest absolute Gasteiger partial charge is 0.494 e. The molecule has 1 heterocycles. The summed E-state index contributed by atoms with van der Waals surface area (Å²) in [4.78, 5) is 22.4. The summed E-state index contributed by atoms with van der Waals surface area (Å²) >= 11 is 0. The molecule has 0 amide bonds. The highest BCUT2D eigenvalue weighted by molar-refractivity contribution is 5.77. The number of carbonyl (C=O) groups excluding carboxylic acids is 1. The molecule has 0 saturated carbocycles. The SMILES string of the molecule is CCOC(=O)C(C)Oc1cccc(CN(CCCOc2ccc(C)cc2)c2nc3ccccc3[nH]2)c1. The summed E-state index contributed by atoms with van der Waals surface area (Å²) in [5.74, 6) is 1.93. The smallest absolute Gasteiger partial charge is 0.347 e. The number of para-hydroxylation sites is 2. The lowest BCUT2D eigenvalue weighted by atomic mass is 10.2. The number of benzene rings is 3. The highest BCUT2D eigenvalue weighted by atomic mass is 16.6. The fourth-order valence-corrected chi connectivity index (χ4v) is 3.88. The van der Waals surface area contributed by atoms with E-state index in [-0.39, 0.29) is 5.97 Å². The number of aromatic amines is 1. The Hall–Kier alpha value is -4.00. The van der Waals surface area contributed by atoms with Gasteiger partial charge in [-0.3, -0.25) is 0 Å². The molecule has 0 aliphatic heterocycles. The number of hydrogen-bond donors (Lipinski definition) is 1. The first-order valence-electron chi connectivity index (χ1n) is 12.3. The second-order valence-corrected chi connectivity index (χ2v) is 8.67. The summed E-state index contributed by atoms with van der Waals surface area (Å²) in [6.07, 6.45) is 0.145. The minimum Gasteiger partial charge on any atom is -0.494 e. The predicted octanol–water partition coefficient (Wildman–Crippen LogP) is 5.68. The summed E-state index contributed by atoms with van der Waals surface area (Å²) < 4.78 is 16.8. The van der Waals surface area contributed by atoms with Gasteiger partial charge in [-0.25, -0.2) is 9.78 Å². The van der Waals surface area contributed by atoms with Crippen molar-refractivity contribution in [1.29, 1.82) is 0 Å². The summed E-state index contributed by atoms with van der Waals surface area (Å²) in [5.41, 5.74) is 4.17. The average molecular weight is 488 g/mol. The van der Waals surface area contributed by atoms with Gasteiger partial charge >= 0.3 is 5.97 Å². The van der Waals surface area contributed by atoms with Gasteiger partial charge in [0.1, 0.15) is 11.5 Å². The van der Waals surface area contributed by atoms with Gasteiger partial charge in [-0.2, -0.15) is 0 Å². The molecule has 0 fully saturated rings. The first kappa shape index (κ1) is 25.1. The summed E-state index contributed by atoms with van der Waals surface area (Å²) in [7, 11) is 0. The molecule has 1 aromatic heterocycles. The van der Waals surface area contributed by atoms with Crippen LogP contribution in [0.4, 0.5) is 5.95 Å². The van der Waals surface area contributed by atoms with Crippen LogP contribution in [0.2, 0.25) is 0 Å². The van der Waals surface area contributed by atoms with Crippen molar-refractivity contribution < 1.29 is 19.0 Å². The van der Waals surface area contributed by atoms with Crippen molar-refractivity contribution in [3.05, 3.63) is 83.9 Å². The van der Waals surface area contributed by atoms with Crippen molar-refractivity contribution in [2.75, 3.05) is 24.7 Å². The van der Waals surface area contributed by atoms with E-state index in [0.29, 0.717) is 25.5 Å². The van der Waals surface area contributed by atoms with Crippen LogP contribution in [0, 0.1) is 6.92 Å². The van der Waals surface area contributed by atoms with Gasteiger partial charge in [0.15, 0.2) is 6.10 Å². The Morgan fingerprint density at radius 3 is 2.61 bits per heavy atom. The number of aromatic nitrogens is 2. The molecule has 188 valence electrons. The molecule has 0 bridgehead atoms. The second kappa shape index (κ2) is 12.1. The number of rotatable bonds is 12. The van der Waals surface area contributed by atoms with Gasteiger partial charge in [-0.05, 0) is 69.2 Å². The summed E-state index contributed by atoms with van der Waals surface area (Å²) in [5, 5.41) is 0. The van der Waals surface area contributed by atoms with Gasteiger partial charge in [-0.1, -0.05) is 42.0 Å². The Kier molecular flexibility index (Phi) is 8.44. The second-order valence-electron chi connectivity index (χ2n) is 8.67. The van der Waals surface area contributed by atoms with Gasteiger partial charge in [0.25, 0.3) is 0 Å². The van der Waals surface area contributed by atoms with E-state index in [9.17, 15) is 4.79 Å². The predicted molar refractivity (Wildman–Crippen MR) is 142 cm³/mol. The van der Waals surface area contributed by atoms with E-state index < -0.39 is 6.10 Å². The quantitative estimate of drug-likeness (QED) is 0.205. The molecule has 7 nitrogen and oxygen atoms in total. The number of esters is 1. The monoisotopic (exact) mass is 487 g/mol. The van der Waals surface area contributed by atoms with Crippen LogP contribution in [-0.2, 0) is 16.1 Å². The standard InChI is InChI=1S/C29H33N3O4/c1-4-34-28(33)22(3)36-25-10-7-9-23(19-25)20-32(29-30-26-11-5-6-12-27(26)31-29)17-8-18-35-24-15-13-21(2)14-16-24/h5-7,9-16,19,22H,4,8,17-18,20H2,1-3H3,(H,30,31). The van der Waals surface area contributed by atoms with Crippen LogP contribution in [-0.4, -0.2) is 41.8 Å². The van der Waals surface area contributed by atoms with Crippen molar-refractivity contribution in [3.8, 4) is 11.5 Å². The molecular formula is C29H33N3O4. The zero-order chi connectivity index (χ0) is 25.3. The maximum atomic E-state index is 12.0. The van der Waals surface area contributed by atoms with Gasteiger partial charge in [-0.15, -0.1) is 0 Å². The molecule has 4 rings (SSSR count). The third-order valence-corrected chi connectivity index (χ3v) is 5.74. The van der Waals surface area contributed by atoms with Crippen molar-refractivity contribution in [1.82, 2.24) is 9.97 Å². The number of anilines is 1. The molecule has 3 aromatic carbocycles. The van der Waals surface area contributed by atoms with E-state index in [0.717, 1.165) is 41.3 Å².